The highest BCUT2D eigenvalue weighted by molar-refractivity contribution is 5.80. The Morgan fingerprint density at radius 1 is 1.00 bits per heavy atom. The Labute approximate surface area is 198 Å². The van der Waals surface area contributed by atoms with Crippen molar-refractivity contribution in [3.8, 4) is 11.1 Å². The summed E-state index contributed by atoms with van der Waals surface area (Å²) < 4.78 is 5.67. The van der Waals surface area contributed by atoms with E-state index in [1.807, 2.05) is 24.3 Å². The first-order valence-corrected chi connectivity index (χ1v) is 12.0. The molecule has 2 fully saturated rings. The molecule has 5 atom stereocenters. The molecule has 34 heavy (non-hydrogen) atoms. The smallest absolute Gasteiger partial charge is 0.407 e. The Bertz CT molecular complexity index is 1070. The molecule has 0 saturated heterocycles. The molecule has 0 bridgehead atoms. The zero-order valence-corrected chi connectivity index (χ0v) is 19.2. The van der Waals surface area contributed by atoms with Gasteiger partial charge >= 0.3 is 12.1 Å². The van der Waals surface area contributed by atoms with Gasteiger partial charge in [0.15, 0.2) is 0 Å². The lowest BCUT2D eigenvalue weighted by atomic mass is 9.71. The van der Waals surface area contributed by atoms with Crippen LogP contribution in [0.4, 0.5) is 4.79 Å². The summed E-state index contributed by atoms with van der Waals surface area (Å²) in [4.78, 5) is 36.0. The molecular formula is C27H30N2O5. The summed E-state index contributed by atoms with van der Waals surface area (Å²) in [6, 6.07) is 16.1. The molecule has 2 aromatic rings. The largest absolute Gasteiger partial charge is 0.481 e. The quantitative estimate of drug-likeness (QED) is 0.579. The number of rotatable bonds is 7. The van der Waals surface area contributed by atoms with Gasteiger partial charge in [0.2, 0.25) is 5.91 Å². The van der Waals surface area contributed by atoms with Crippen LogP contribution < -0.4 is 10.6 Å². The number of ether oxygens (including phenoxy) is 1. The fraction of sp³-hybridized carbons (Fsp3) is 0.444. The molecule has 0 heterocycles. The van der Waals surface area contributed by atoms with Crippen LogP contribution in [0.5, 0.6) is 0 Å². The van der Waals surface area contributed by atoms with Crippen molar-refractivity contribution in [3.05, 3.63) is 59.7 Å². The third kappa shape index (κ3) is 4.27. The number of carbonyl (C=O) groups excluding carboxylic acids is 2. The van der Waals surface area contributed by atoms with Crippen LogP contribution in [-0.4, -0.2) is 41.8 Å². The van der Waals surface area contributed by atoms with Gasteiger partial charge < -0.3 is 20.5 Å². The van der Waals surface area contributed by atoms with Crippen molar-refractivity contribution in [3.63, 3.8) is 0 Å². The average molecular weight is 463 g/mol. The Morgan fingerprint density at radius 3 is 2.29 bits per heavy atom. The number of alkyl carbamates (subject to hydrolysis) is 1. The standard InChI is InChI=1S/C27H30N2O5/c1-15(10-25(30)31)28-26(32)17-11-16-13-24(22(16)12-17)29-27(33)34-14-23-20-8-4-2-6-18(20)19-7-3-5-9-21(19)23/h2-9,15-17,22-24H,10-14H2,1H3,(H,28,32)(H,29,33)(H,30,31)/t15-,16-,17?,22-,24+/m1/s1. The van der Waals surface area contributed by atoms with Gasteiger partial charge in [-0.15, -0.1) is 0 Å². The molecule has 0 spiro atoms. The number of fused-ring (bicyclic) bond motifs is 4. The number of carboxylic acid groups (broad SMARTS) is 1. The molecular weight excluding hydrogens is 432 g/mol. The SMILES string of the molecule is C[C@H](CC(=O)O)NC(=O)C1C[C@@H]2C[C@H](NC(=O)OCC3c4ccccc4-c4ccccc43)[C@@H]2C1. The van der Waals surface area contributed by atoms with Crippen molar-refractivity contribution in [1.29, 1.82) is 0 Å². The molecule has 2 saturated carbocycles. The van der Waals surface area contributed by atoms with Gasteiger partial charge in [0, 0.05) is 23.9 Å². The molecule has 0 aromatic heterocycles. The average Bonchev–Trinajstić information content (AvgIpc) is 3.31. The van der Waals surface area contributed by atoms with E-state index in [4.69, 9.17) is 9.84 Å². The Balaban J connectivity index is 1.13. The van der Waals surface area contributed by atoms with E-state index in [-0.39, 0.29) is 42.7 Å². The van der Waals surface area contributed by atoms with Gasteiger partial charge in [-0.05, 0) is 60.3 Å². The van der Waals surface area contributed by atoms with E-state index in [0.717, 1.165) is 12.8 Å². The van der Waals surface area contributed by atoms with Crippen LogP contribution in [-0.2, 0) is 14.3 Å². The number of benzene rings is 2. The number of carbonyl (C=O) groups is 3. The lowest BCUT2D eigenvalue weighted by Gasteiger charge is -2.40. The molecule has 7 nitrogen and oxygen atoms in total. The Morgan fingerprint density at radius 2 is 1.65 bits per heavy atom. The van der Waals surface area contributed by atoms with Crippen LogP contribution >= 0.6 is 0 Å². The van der Waals surface area contributed by atoms with Crippen LogP contribution in [0.3, 0.4) is 0 Å². The van der Waals surface area contributed by atoms with E-state index in [2.05, 4.69) is 34.9 Å². The van der Waals surface area contributed by atoms with E-state index in [0.29, 0.717) is 12.3 Å². The fourth-order valence-corrected chi connectivity index (χ4v) is 6.07. The van der Waals surface area contributed by atoms with Crippen molar-refractivity contribution < 1.29 is 24.2 Å². The number of carboxylic acids is 1. The maximum absolute atomic E-state index is 12.6. The molecule has 0 radical (unpaired) electrons. The minimum atomic E-state index is -0.924. The van der Waals surface area contributed by atoms with E-state index < -0.39 is 18.1 Å². The molecule has 3 N–H and O–H groups in total. The summed E-state index contributed by atoms with van der Waals surface area (Å²) in [5, 5.41) is 14.7. The maximum Gasteiger partial charge on any atom is 0.407 e. The van der Waals surface area contributed by atoms with Gasteiger partial charge in [-0.2, -0.15) is 0 Å². The zero-order chi connectivity index (χ0) is 23.8. The summed E-state index contributed by atoms with van der Waals surface area (Å²) >= 11 is 0. The van der Waals surface area contributed by atoms with Crippen LogP contribution in [0.1, 0.15) is 49.7 Å². The van der Waals surface area contributed by atoms with Crippen LogP contribution in [0, 0.1) is 17.8 Å². The summed E-state index contributed by atoms with van der Waals surface area (Å²) in [7, 11) is 0. The van der Waals surface area contributed by atoms with Crippen LogP contribution in [0.25, 0.3) is 11.1 Å². The third-order valence-corrected chi connectivity index (χ3v) is 7.71. The first-order chi connectivity index (χ1) is 16.4. The maximum atomic E-state index is 12.6. The van der Waals surface area contributed by atoms with E-state index in [1.54, 1.807) is 6.92 Å². The molecule has 3 aliphatic carbocycles. The van der Waals surface area contributed by atoms with Crippen molar-refractivity contribution in [1.82, 2.24) is 10.6 Å². The monoisotopic (exact) mass is 462 g/mol. The van der Waals surface area contributed by atoms with Crippen molar-refractivity contribution in [2.45, 2.75) is 50.6 Å². The fourth-order valence-electron chi connectivity index (χ4n) is 6.07. The molecule has 2 aromatic carbocycles. The van der Waals surface area contributed by atoms with E-state index in [1.165, 1.54) is 22.3 Å². The van der Waals surface area contributed by atoms with Gasteiger partial charge in [0.25, 0.3) is 0 Å². The second-order valence-corrected chi connectivity index (χ2v) is 9.91. The first kappa shape index (κ1) is 22.4. The normalized spacial score (nSPS) is 25.3. The lowest BCUT2D eigenvalue weighted by molar-refractivity contribution is -0.137. The van der Waals surface area contributed by atoms with Gasteiger partial charge in [0.1, 0.15) is 6.61 Å². The van der Waals surface area contributed by atoms with Gasteiger partial charge in [-0.25, -0.2) is 4.79 Å². The highest BCUT2D eigenvalue weighted by atomic mass is 16.5. The summed E-state index contributed by atoms with van der Waals surface area (Å²) in [5.74, 6) is -0.412. The highest BCUT2D eigenvalue weighted by Crippen LogP contribution is 2.50. The zero-order valence-electron chi connectivity index (χ0n) is 19.2. The number of hydrogen-bond acceptors (Lipinski definition) is 4. The third-order valence-electron chi connectivity index (χ3n) is 7.71. The minimum Gasteiger partial charge on any atom is -0.481 e. The summed E-state index contributed by atoms with van der Waals surface area (Å²) in [6.45, 7) is 1.99. The second-order valence-electron chi connectivity index (χ2n) is 9.91. The molecule has 5 rings (SSSR count). The van der Waals surface area contributed by atoms with Gasteiger partial charge in [0.05, 0.1) is 6.42 Å². The number of amides is 2. The Hall–Kier alpha value is -3.35. The topological polar surface area (TPSA) is 105 Å². The van der Waals surface area contributed by atoms with E-state index >= 15 is 0 Å². The predicted molar refractivity (Wildman–Crippen MR) is 126 cm³/mol. The van der Waals surface area contributed by atoms with E-state index in [9.17, 15) is 14.4 Å². The molecule has 7 heteroatoms. The lowest BCUT2D eigenvalue weighted by Crippen LogP contribution is -2.50. The second kappa shape index (κ2) is 9.12. The minimum absolute atomic E-state index is 0.0230. The molecule has 1 unspecified atom stereocenters. The Kier molecular flexibility index (Phi) is 6.02. The molecule has 2 amide bonds. The van der Waals surface area contributed by atoms with Crippen molar-refractivity contribution in [2.75, 3.05) is 6.61 Å². The van der Waals surface area contributed by atoms with Gasteiger partial charge in [-0.3, -0.25) is 9.59 Å². The molecule has 178 valence electrons. The summed E-state index contributed by atoms with van der Waals surface area (Å²) in [5.41, 5.74) is 4.76. The number of aliphatic carboxylic acids is 1. The van der Waals surface area contributed by atoms with Crippen molar-refractivity contribution in [2.24, 2.45) is 17.8 Å². The van der Waals surface area contributed by atoms with Crippen LogP contribution in [0.15, 0.2) is 48.5 Å². The number of hydrogen-bond donors (Lipinski definition) is 3. The number of nitrogens with one attached hydrogen (secondary N) is 2. The molecule has 3 aliphatic rings. The highest BCUT2D eigenvalue weighted by Gasteiger charge is 2.50. The van der Waals surface area contributed by atoms with Gasteiger partial charge in [-0.1, -0.05) is 48.5 Å². The first-order valence-electron chi connectivity index (χ1n) is 12.0. The summed E-state index contributed by atoms with van der Waals surface area (Å²) in [6.07, 6.45) is 1.86. The predicted octanol–water partition coefficient (Wildman–Crippen LogP) is 3.92. The van der Waals surface area contributed by atoms with Crippen molar-refractivity contribution >= 4 is 18.0 Å². The molecule has 0 aliphatic heterocycles. The van der Waals surface area contributed by atoms with Crippen LogP contribution in [0.2, 0.25) is 0 Å².